The SMILES string of the molecule is CC(C)/C=C1\CCCN(C(C)C)C1=O. The van der Waals surface area contributed by atoms with Gasteiger partial charge in [0.2, 0.25) is 5.91 Å². The summed E-state index contributed by atoms with van der Waals surface area (Å²) < 4.78 is 0. The largest absolute Gasteiger partial charge is 0.336 e. The molecule has 0 aromatic heterocycles. The van der Waals surface area contributed by atoms with E-state index in [1.165, 1.54) is 0 Å². The molecule has 1 heterocycles. The smallest absolute Gasteiger partial charge is 0.249 e. The van der Waals surface area contributed by atoms with E-state index in [1.54, 1.807) is 0 Å². The van der Waals surface area contributed by atoms with Crippen LogP contribution in [0.2, 0.25) is 0 Å². The Bertz CT molecular complexity index is 241. The first-order chi connectivity index (χ1) is 6.52. The van der Waals surface area contributed by atoms with E-state index in [0.29, 0.717) is 12.0 Å². The minimum absolute atomic E-state index is 0.250. The molecule has 0 bridgehead atoms. The molecule has 0 aromatic carbocycles. The van der Waals surface area contributed by atoms with Crippen molar-refractivity contribution >= 4 is 5.91 Å². The Morgan fingerprint density at radius 2 is 1.93 bits per heavy atom. The van der Waals surface area contributed by atoms with Gasteiger partial charge in [0.15, 0.2) is 0 Å². The Hall–Kier alpha value is -0.790. The minimum atomic E-state index is 0.250. The maximum absolute atomic E-state index is 12.0. The summed E-state index contributed by atoms with van der Waals surface area (Å²) in [5.41, 5.74) is 1.01. The van der Waals surface area contributed by atoms with E-state index in [2.05, 4.69) is 33.8 Å². The molecule has 0 aromatic rings. The van der Waals surface area contributed by atoms with Gasteiger partial charge in [-0.25, -0.2) is 0 Å². The van der Waals surface area contributed by atoms with Gasteiger partial charge < -0.3 is 4.90 Å². The molecule has 1 fully saturated rings. The second-order valence-corrected chi connectivity index (χ2v) is 4.63. The van der Waals surface area contributed by atoms with Crippen molar-refractivity contribution in [1.82, 2.24) is 4.90 Å². The molecule has 0 spiro atoms. The van der Waals surface area contributed by atoms with Gasteiger partial charge in [0, 0.05) is 18.2 Å². The van der Waals surface area contributed by atoms with Crippen LogP contribution in [0.5, 0.6) is 0 Å². The molecule has 0 N–H and O–H groups in total. The first kappa shape index (κ1) is 11.3. The van der Waals surface area contributed by atoms with Gasteiger partial charge in [-0.3, -0.25) is 4.79 Å². The number of carbonyl (C=O) groups is 1. The average Bonchev–Trinajstić information content (AvgIpc) is 2.07. The van der Waals surface area contributed by atoms with E-state index in [9.17, 15) is 4.79 Å². The molecule has 1 aliphatic rings. The monoisotopic (exact) mass is 195 g/mol. The van der Waals surface area contributed by atoms with E-state index < -0.39 is 0 Å². The zero-order valence-corrected chi connectivity index (χ0v) is 9.71. The highest BCUT2D eigenvalue weighted by atomic mass is 16.2. The Morgan fingerprint density at radius 3 is 2.43 bits per heavy atom. The zero-order valence-electron chi connectivity index (χ0n) is 9.71. The van der Waals surface area contributed by atoms with Gasteiger partial charge in [-0.2, -0.15) is 0 Å². The molecule has 0 radical (unpaired) electrons. The molecule has 2 heteroatoms. The van der Waals surface area contributed by atoms with E-state index in [0.717, 1.165) is 25.0 Å². The maximum atomic E-state index is 12.0. The van der Waals surface area contributed by atoms with E-state index in [-0.39, 0.29) is 5.91 Å². The van der Waals surface area contributed by atoms with E-state index >= 15 is 0 Å². The number of rotatable bonds is 2. The number of amides is 1. The third kappa shape index (κ3) is 2.60. The molecule has 1 rings (SSSR count). The Morgan fingerprint density at radius 1 is 1.29 bits per heavy atom. The van der Waals surface area contributed by atoms with Crippen LogP contribution in [-0.2, 0) is 4.79 Å². The first-order valence-electron chi connectivity index (χ1n) is 5.54. The van der Waals surface area contributed by atoms with Crippen molar-refractivity contribution in [2.45, 2.75) is 46.6 Å². The van der Waals surface area contributed by atoms with Gasteiger partial charge in [-0.15, -0.1) is 0 Å². The molecule has 1 aliphatic heterocycles. The van der Waals surface area contributed by atoms with E-state index in [4.69, 9.17) is 0 Å². The number of carbonyl (C=O) groups excluding carboxylic acids is 1. The summed E-state index contributed by atoms with van der Waals surface area (Å²) in [7, 11) is 0. The van der Waals surface area contributed by atoms with Gasteiger partial charge in [-0.05, 0) is 32.6 Å². The molecule has 0 unspecified atom stereocenters. The standard InChI is InChI=1S/C12H21NO/c1-9(2)8-11-6-5-7-13(10(3)4)12(11)14/h8-10H,5-7H2,1-4H3/b11-8+. The lowest BCUT2D eigenvalue weighted by Gasteiger charge is -2.32. The predicted octanol–water partition coefficient (Wildman–Crippen LogP) is 2.60. The third-order valence-corrected chi connectivity index (χ3v) is 2.54. The predicted molar refractivity (Wildman–Crippen MR) is 59.0 cm³/mol. The van der Waals surface area contributed by atoms with Gasteiger partial charge >= 0.3 is 0 Å². The quantitative estimate of drug-likeness (QED) is 0.620. The van der Waals surface area contributed by atoms with Crippen LogP contribution in [0.15, 0.2) is 11.6 Å². The van der Waals surface area contributed by atoms with Crippen LogP contribution in [0.3, 0.4) is 0 Å². The molecular weight excluding hydrogens is 174 g/mol. The summed E-state index contributed by atoms with van der Waals surface area (Å²) in [6.45, 7) is 9.32. The molecule has 1 saturated heterocycles. The lowest BCUT2D eigenvalue weighted by Crippen LogP contribution is -2.41. The van der Waals surface area contributed by atoms with Crippen molar-refractivity contribution in [3.63, 3.8) is 0 Å². The summed E-state index contributed by atoms with van der Waals surface area (Å²) in [5.74, 6) is 0.723. The van der Waals surface area contributed by atoms with Crippen LogP contribution in [0.1, 0.15) is 40.5 Å². The van der Waals surface area contributed by atoms with Crippen LogP contribution in [0, 0.1) is 5.92 Å². The lowest BCUT2D eigenvalue weighted by atomic mass is 9.99. The molecule has 0 saturated carbocycles. The zero-order chi connectivity index (χ0) is 10.7. The number of likely N-dealkylation sites (tertiary alicyclic amines) is 1. The Labute approximate surface area is 87.0 Å². The van der Waals surface area contributed by atoms with Crippen molar-refractivity contribution in [3.8, 4) is 0 Å². The summed E-state index contributed by atoms with van der Waals surface area (Å²) in [6, 6.07) is 0.332. The highest BCUT2D eigenvalue weighted by Gasteiger charge is 2.24. The molecule has 14 heavy (non-hydrogen) atoms. The summed E-state index contributed by atoms with van der Waals surface area (Å²) in [6.07, 6.45) is 4.18. The molecule has 80 valence electrons. The molecule has 0 atom stereocenters. The minimum Gasteiger partial charge on any atom is -0.336 e. The number of allylic oxidation sites excluding steroid dienone is 1. The topological polar surface area (TPSA) is 20.3 Å². The van der Waals surface area contributed by atoms with Gasteiger partial charge in [-0.1, -0.05) is 19.9 Å². The number of piperidine rings is 1. The van der Waals surface area contributed by atoms with Crippen molar-refractivity contribution in [3.05, 3.63) is 11.6 Å². The summed E-state index contributed by atoms with van der Waals surface area (Å²) in [5, 5.41) is 0. The number of nitrogens with zero attached hydrogens (tertiary/aromatic N) is 1. The summed E-state index contributed by atoms with van der Waals surface area (Å²) in [4.78, 5) is 13.9. The fourth-order valence-electron chi connectivity index (χ4n) is 1.88. The molecule has 1 amide bonds. The number of hydrogen-bond donors (Lipinski definition) is 0. The van der Waals surface area contributed by atoms with Crippen LogP contribution in [-0.4, -0.2) is 23.4 Å². The van der Waals surface area contributed by atoms with Crippen molar-refractivity contribution in [1.29, 1.82) is 0 Å². The van der Waals surface area contributed by atoms with Crippen molar-refractivity contribution in [2.75, 3.05) is 6.54 Å². The van der Waals surface area contributed by atoms with Gasteiger partial charge in [0.1, 0.15) is 0 Å². The highest BCUT2D eigenvalue weighted by molar-refractivity contribution is 5.94. The van der Waals surface area contributed by atoms with Crippen LogP contribution in [0.25, 0.3) is 0 Å². The summed E-state index contributed by atoms with van der Waals surface area (Å²) >= 11 is 0. The first-order valence-corrected chi connectivity index (χ1v) is 5.54. The second kappa shape index (κ2) is 4.63. The van der Waals surface area contributed by atoms with Gasteiger partial charge in [0.05, 0.1) is 0 Å². The Balaban J connectivity index is 2.76. The van der Waals surface area contributed by atoms with Crippen LogP contribution in [0.4, 0.5) is 0 Å². The van der Waals surface area contributed by atoms with Crippen LogP contribution < -0.4 is 0 Å². The third-order valence-electron chi connectivity index (χ3n) is 2.54. The maximum Gasteiger partial charge on any atom is 0.249 e. The fourth-order valence-corrected chi connectivity index (χ4v) is 1.88. The Kier molecular flexibility index (Phi) is 3.73. The fraction of sp³-hybridized carbons (Fsp3) is 0.750. The lowest BCUT2D eigenvalue weighted by molar-refractivity contribution is -0.130. The molecule has 0 aliphatic carbocycles. The van der Waals surface area contributed by atoms with E-state index in [1.807, 2.05) is 4.90 Å². The number of hydrogen-bond acceptors (Lipinski definition) is 1. The molecule has 2 nitrogen and oxygen atoms in total. The molecular formula is C12H21NO. The highest BCUT2D eigenvalue weighted by Crippen LogP contribution is 2.20. The van der Waals surface area contributed by atoms with Crippen molar-refractivity contribution in [2.24, 2.45) is 5.92 Å². The normalized spacial score (nSPS) is 21.4. The second-order valence-electron chi connectivity index (χ2n) is 4.63. The average molecular weight is 195 g/mol. The van der Waals surface area contributed by atoms with Crippen LogP contribution >= 0.6 is 0 Å². The van der Waals surface area contributed by atoms with Crippen molar-refractivity contribution < 1.29 is 4.79 Å². The van der Waals surface area contributed by atoms with Gasteiger partial charge in [0.25, 0.3) is 0 Å².